The van der Waals surface area contributed by atoms with Gasteiger partial charge in [-0.15, -0.1) is 0 Å². The second-order valence-corrected chi connectivity index (χ2v) is 5.30. The van der Waals surface area contributed by atoms with Crippen molar-refractivity contribution in [1.82, 2.24) is 14.4 Å². The molecule has 6 nitrogen and oxygen atoms in total. The molecule has 4 N–H and O–H groups in total. The van der Waals surface area contributed by atoms with Crippen LogP contribution < -0.4 is 16.6 Å². The van der Waals surface area contributed by atoms with Gasteiger partial charge in [0.2, 0.25) is 0 Å². The zero-order valence-electron chi connectivity index (χ0n) is 11.5. The summed E-state index contributed by atoms with van der Waals surface area (Å²) < 4.78 is 1.91. The molecule has 2 heterocycles. The summed E-state index contributed by atoms with van der Waals surface area (Å²) in [6.07, 6.45) is 7.46. The lowest BCUT2D eigenvalue weighted by Gasteiger charge is -2.14. The van der Waals surface area contributed by atoms with Crippen molar-refractivity contribution in [3.63, 3.8) is 0 Å². The molecule has 0 unspecified atom stereocenters. The highest BCUT2D eigenvalue weighted by atomic mass is 15.3. The summed E-state index contributed by atoms with van der Waals surface area (Å²) in [5, 5.41) is 3.50. The van der Waals surface area contributed by atoms with Crippen molar-refractivity contribution >= 4 is 17.3 Å². The molecule has 0 aliphatic heterocycles. The highest BCUT2D eigenvalue weighted by molar-refractivity contribution is 5.66. The standard InChI is InChI=1S/C15H16N6/c16-20-13-9-21-6-5-17-15(21)14(19-13)18-12-7-10-3-1-2-4-11(10)8-12/h1-6,9,12,20H,7-8,16H2,(H,18,19). The molecule has 0 saturated carbocycles. The largest absolute Gasteiger partial charge is 0.364 e. The summed E-state index contributed by atoms with van der Waals surface area (Å²) in [4.78, 5) is 8.84. The predicted octanol–water partition coefficient (Wildman–Crippen LogP) is 1.59. The molecule has 2 aromatic heterocycles. The molecule has 21 heavy (non-hydrogen) atoms. The molecular formula is C15H16N6. The van der Waals surface area contributed by atoms with E-state index in [-0.39, 0.29) is 0 Å². The highest BCUT2D eigenvalue weighted by Gasteiger charge is 2.22. The Morgan fingerprint density at radius 2 is 1.95 bits per heavy atom. The lowest BCUT2D eigenvalue weighted by atomic mass is 10.1. The van der Waals surface area contributed by atoms with E-state index >= 15 is 0 Å². The topological polar surface area (TPSA) is 80.3 Å². The van der Waals surface area contributed by atoms with Crippen LogP contribution >= 0.6 is 0 Å². The minimum Gasteiger partial charge on any atom is -0.364 e. The van der Waals surface area contributed by atoms with Crippen LogP contribution in [-0.2, 0) is 12.8 Å². The van der Waals surface area contributed by atoms with Crippen LogP contribution in [0.2, 0.25) is 0 Å². The maximum atomic E-state index is 5.48. The third kappa shape index (κ3) is 2.09. The number of benzene rings is 1. The Kier molecular flexibility index (Phi) is 2.75. The number of hydrazine groups is 1. The first-order valence-corrected chi connectivity index (χ1v) is 6.97. The number of aromatic nitrogens is 3. The van der Waals surface area contributed by atoms with E-state index in [1.54, 1.807) is 6.20 Å². The van der Waals surface area contributed by atoms with Crippen LogP contribution in [0, 0.1) is 0 Å². The van der Waals surface area contributed by atoms with Gasteiger partial charge in [0.05, 0.1) is 6.20 Å². The number of nitrogen functional groups attached to an aromatic ring is 1. The maximum Gasteiger partial charge on any atom is 0.180 e. The monoisotopic (exact) mass is 280 g/mol. The number of fused-ring (bicyclic) bond motifs is 2. The van der Waals surface area contributed by atoms with E-state index in [9.17, 15) is 0 Å². The van der Waals surface area contributed by atoms with Gasteiger partial charge in [-0.3, -0.25) is 0 Å². The molecule has 1 aliphatic carbocycles. The van der Waals surface area contributed by atoms with Crippen LogP contribution in [-0.4, -0.2) is 20.4 Å². The zero-order chi connectivity index (χ0) is 14.2. The first-order valence-electron chi connectivity index (χ1n) is 6.97. The molecule has 0 amide bonds. The Morgan fingerprint density at radius 3 is 2.67 bits per heavy atom. The lowest BCUT2D eigenvalue weighted by molar-refractivity contribution is 0.768. The Bertz CT molecular complexity index is 769. The quantitative estimate of drug-likeness (QED) is 0.501. The highest BCUT2D eigenvalue weighted by Crippen LogP contribution is 2.25. The molecule has 3 aromatic rings. The Balaban J connectivity index is 1.65. The maximum absolute atomic E-state index is 5.48. The van der Waals surface area contributed by atoms with Gasteiger partial charge in [0.1, 0.15) is 0 Å². The smallest absolute Gasteiger partial charge is 0.180 e. The number of rotatable bonds is 3. The van der Waals surface area contributed by atoms with E-state index in [0.29, 0.717) is 11.9 Å². The van der Waals surface area contributed by atoms with Gasteiger partial charge >= 0.3 is 0 Å². The summed E-state index contributed by atoms with van der Waals surface area (Å²) in [6, 6.07) is 8.89. The summed E-state index contributed by atoms with van der Waals surface area (Å²) >= 11 is 0. The molecule has 4 rings (SSSR count). The van der Waals surface area contributed by atoms with Gasteiger partial charge in [-0.1, -0.05) is 24.3 Å². The Hall–Kier alpha value is -2.60. The molecule has 6 heteroatoms. The van der Waals surface area contributed by atoms with E-state index in [1.165, 1.54) is 11.1 Å². The van der Waals surface area contributed by atoms with Gasteiger partial charge in [-0.2, -0.15) is 0 Å². The second-order valence-electron chi connectivity index (χ2n) is 5.30. The van der Waals surface area contributed by atoms with Gasteiger partial charge in [0, 0.05) is 18.4 Å². The second kappa shape index (κ2) is 4.75. The normalized spacial score (nSPS) is 14.3. The lowest BCUT2D eigenvalue weighted by Crippen LogP contribution is -2.21. The molecule has 1 aliphatic rings. The van der Waals surface area contributed by atoms with E-state index < -0.39 is 0 Å². The molecule has 106 valence electrons. The Morgan fingerprint density at radius 1 is 1.19 bits per heavy atom. The molecule has 0 atom stereocenters. The fourth-order valence-electron chi connectivity index (χ4n) is 2.95. The number of hydrogen-bond acceptors (Lipinski definition) is 5. The number of anilines is 2. The SMILES string of the molecule is NNc1cn2ccnc2c(NC2Cc3ccccc3C2)n1. The number of hydrogen-bond donors (Lipinski definition) is 3. The number of nitrogens with zero attached hydrogens (tertiary/aromatic N) is 3. The molecule has 0 spiro atoms. The van der Waals surface area contributed by atoms with E-state index in [0.717, 1.165) is 24.3 Å². The molecule has 0 fully saturated rings. The van der Waals surface area contributed by atoms with E-state index in [2.05, 4.69) is 45.0 Å². The van der Waals surface area contributed by atoms with Crippen LogP contribution in [0.25, 0.3) is 5.65 Å². The number of imidazole rings is 1. The van der Waals surface area contributed by atoms with Crippen molar-refractivity contribution in [3.05, 3.63) is 54.0 Å². The van der Waals surface area contributed by atoms with Gasteiger partial charge < -0.3 is 15.1 Å². The Labute approximate surface area is 122 Å². The minimum atomic E-state index is 0.337. The van der Waals surface area contributed by atoms with Crippen LogP contribution in [0.15, 0.2) is 42.9 Å². The molecular weight excluding hydrogens is 264 g/mol. The molecule has 0 bridgehead atoms. The van der Waals surface area contributed by atoms with Crippen LogP contribution in [0.3, 0.4) is 0 Å². The zero-order valence-corrected chi connectivity index (χ0v) is 11.5. The average Bonchev–Trinajstić information content (AvgIpc) is 3.12. The fraction of sp³-hybridized carbons (Fsp3) is 0.200. The van der Waals surface area contributed by atoms with Crippen LogP contribution in [0.1, 0.15) is 11.1 Å². The first kappa shape index (κ1) is 12.2. The summed E-state index contributed by atoms with van der Waals surface area (Å²) in [5.74, 6) is 6.85. The van der Waals surface area contributed by atoms with Crippen molar-refractivity contribution in [2.24, 2.45) is 5.84 Å². The average molecular weight is 280 g/mol. The fourth-order valence-corrected chi connectivity index (χ4v) is 2.95. The van der Waals surface area contributed by atoms with Gasteiger partial charge in [0.25, 0.3) is 0 Å². The van der Waals surface area contributed by atoms with E-state index in [4.69, 9.17) is 5.84 Å². The van der Waals surface area contributed by atoms with Gasteiger partial charge in [0.15, 0.2) is 17.3 Å². The first-order chi connectivity index (χ1) is 10.3. The van der Waals surface area contributed by atoms with Crippen molar-refractivity contribution in [1.29, 1.82) is 0 Å². The third-order valence-electron chi connectivity index (χ3n) is 3.91. The van der Waals surface area contributed by atoms with Crippen molar-refractivity contribution in [2.75, 3.05) is 10.7 Å². The van der Waals surface area contributed by atoms with Crippen molar-refractivity contribution in [2.45, 2.75) is 18.9 Å². The number of nitrogens with one attached hydrogen (secondary N) is 2. The molecule has 1 aromatic carbocycles. The summed E-state index contributed by atoms with van der Waals surface area (Å²) in [6.45, 7) is 0. The minimum absolute atomic E-state index is 0.337. The third-order valence-corrected chi connectivity index (χ3v) is 3.91. The van der Waals surface area contributed by atoms with Gasteiger partial charge in [-0.25, -0.2) is 15.8 Å². The molecule has 0 saturated heterocycles. The van der Waals surface area contributed by atoms with Crippen molar-refractivity contribution < 1.29 is 0 Å². The van der Waals surface area contributed by atoms with Crippen LogP contribution in [0.5, 0.6) is 0 Å². The van der Waals surface area contributed by atoms with Gasteiger partial charge in [-0.05, 0) is 24.0 Å². The number of nitrogens with two attached hydrogens (primary N) is 1. The van der Waals surface area contributed by atoms with E-state index in [1.807, 2.05) is 16.8 Å². The van der Waals surface area contributed by atoms with Crippen molar-refractivity contribution in [3.8, 4) is 0 Å². The summed E-state index contributed by atoms with van der Waals surface area (Å²) in [7, 11) is 0. The van der Waals surface area contributed by atoms with Crippen LogP contribution in [0.4, 0.5) is 11.6 Å². The summed E-state index contributed by atoms with van der Waals surface area (Å²) in [5.41, 5.74) is 6.21. The predicted molar refractivity (Wildman–Crippen MR) is 82.1 cm³/mol. The molecule has 0 radical (unpaired) electrons.